The van der Waals surface area contributed by atoms with Gasteiger partial charge in [-0.25, -0.2) is 8.42 Å². The lowest BCUT2D eigenvalue weighted by atomic mass is 10.1. The second-order valence-electron chi connectivity index (χ2n) is 9.05. The fourth-order valence-corrected chi connectivity index (χ4v) is 5.66. The van der Waals surface area contributed by atoms with E-state index in [2.05, 4.69) is 5.32 Å². The van der Waals surface area contributed by atoms with E-state index in [4.69, 9.17) is 34.8 Å². The van der Waals surface area contributed by atoms with Crippen molar-refractivity contribution in [1.82, 2.24) is 10.2 Å². The van der Waals surface area contributed by atoms with Crippen molar-refractivity contribution < 1.29 is 18.0 Å². The highest BCUT2D eigenvalue weighted by Gasteiger charge is 2.33. The minimum atomic E-state index is -4.22. The van der Waals surface area contributed by atoms with Gasteiger partial charge in [-0.2, -0.15) is 0 Å². The molecule has 11 heteroatoms. The molecule has 39 heavy (non-hydrogen) atoms. The predicted octanol–water partition coefficient (Wildman–Crippen LogP) is 6.17. The fourth-order valence-electron chi connectivity index (χ4n) is 3.75. The molecule has 0 bridgehead atoms. The summed E-state index contributed by atoms with van der Waals surface area (Å²) < 4.78 is 28.5. The summed E-state index contributed by atoms with van der Waals surface area (Å²) in [6, 6.07) is 17.8. The van der Waals surface area contributed by atoms with Crippen molar-refractivity contribution in [3.63, 3.8) is 0 Å². The number of benzene rings is 3. The van der Waals surface area contributed by atoms with Gasteiger partial charge in [0.1, 0.15) is 12.6 Å². The molecule has 0 fully saturated rings. The van der Waals surface area contributed by atoms with Crippen LogP contribution in [0.3, 0.4) is 0 Å². The quantitative estimate of drug-likeness (QED) is 0.281. The second-order valence-corrected chi connectivity index (χ2v) is 12.2. The number of halogens is 3. The Balaban J connectivity index is 2.04. The van der Waals surface area contributed by atoms with Crippen LogP contribution >= 0.6 is 34.8 Å². The molecule has 2 amide bonds. The van der Waals surface area contributed by atoms with E-state index in [-0.39, 0.29) is 29.1 Å². The first kappa shape index (κ1) is 30.8. The molecule has 0 aliphatic carbocycles. The number of nitrogens with zero attached hydrogens (tertiary/aromatic N) is 2. The molecule has 7 nitrogen and oxygen atoms in total. The standard InChI is InChI=1S/C28H30Cl3N3O4S/c1-4-19(2)32-28(36)20(3)33(17-21-8-5-6-11-26(21)31)27(35)18-34(24-10-7-9-23(30)16-24)39(37,38)25-14-12-22(29)13-15-25/h5-16,19-20H,4,17-18H2,1-3H3,(H,32,36). The van der Waals surface area contributed by atoms with Gasteiger partial charge in [0.25, 0.3) is 10.0 Å². The maximum Gasteiger partial charge on any atom is 0.264 e. The highest BCUT2D eigenvalue weighted by atomic mass is 35.5. The average Bonchev–Trinajstić information content (AvgIpc) is 2.90. The Morgan fingerprint density at radius 1 is 0.897 bits per heavy atom. The van der Waals surface area contributed by atoms with Crippen molar-refractivity contribution in [3.05, 3.63) is 93.4 Å². The van der Waals surface area contributed by atoms with E-state index >= 15 is 0 Å². The smallest absolute Gasteiger partial charge is 0.264 e. The van der Waals surface area contributed by atoms with Gasteiger partial charge < -0.3 is 10.2 Å². The molecule has 3 aromatic rings. The normalized spacial score (nSPS) is 12.9. The molecule has 3 aromatic carbocycles. The largest absolute Gasteiger partial charge is 0.352 e. The summed E-state index contributed by atoms with van der Waals surface area (Å²) in [5.41, 5.74) is 0.811. The number of carbonyl (C=O) groups is 2. The average molecular weight is 611 g/mol. The molecule has 0 radical (unpaired) electrons. The van der Waals surface area contributed by atoms with Crippen LogP contribution in [0.15, 0.2) is 77.7 Å². The third kappa shape index (κ3) is 7.88. The number of hydrogen-bond donors (Lipinski definition) is 1. The van der Waals surface area contributed by atoms with Gasteiger partial charge in [-0.3, -0.25) is 13.9 Å². The first-order valence-electron chi connectivity index (χ1n) is 12.3. The van der Waals surface area contributed by atoms with Gasteiger partial charge in [0.05, 0.1) is 10.6 Å². The molecule has 1 N–H and O–H groups in total. The van der Waals surface area contributed by atoms with Gasteiger partial charge in [-0.1, -0.05) is 66.0 Å². The van der Waals surface area contributed by atoms with E-state index in [1.165, 1.54) is 35.2 Å². The van der Waals surface area contributed by atoms with E-state index in [0.717, 1.165) is 4.31 Å². The van der Waals surface area contributed by atoms with Crippen molar-refractivity contribution in [1.29, 1.82) is 0 Å². The van der Waals surface area contributed by atoms with Crippen LogP contribution in [0.25, 0.3) is 0 Å². The van der Waals surface area contributed by atoms with Crippen LogP contribution in [0.2, 0.25) is 15.1 Å². The zero-order valence-corrected chi connectivity index (χ0v) is 24.9. The molecule has 208 valence electrons. The Hall–Kier alpha value is -2.78. The van der Waals surface area contributed by atoms with Gasteiger partial charge in [0.15, 0.2) is 0 Å². The molecular weight excluding hydrogens is 581 g/mol. The van der Waals surface area contributed by atoms with E-state index in [1.807, 2.05) is 13.8 Å². The summed E-state index contributed by atoms with van der Waals surface area (Å²) >= 11 is 18.5. The van der Waals surface area contributed by atoms with E-state index in [9.17, 15) is 18.0 Å². The SMILES string of the molecule is CCC(C)NC(=O)C(C)N(Cc1ccccc1Cl)C(=O)CN(c1cccc(Cl)c1)S(=O)(=O)c1ccc(Cl)cc1. The second kappa shape index (κ2) is 13.5. The predicted molar refractivity (Wildman–Crippen MR) is 157 cm³/mol. The highest BCUT2D eigenvalue weighted by Crippen LogP contribution is 2.28. The molecule has 0 saturated heterocycles. The van der Waals surface area contributed by atoms with E-state index in [0.29, 0.717) is 27.1 Å². The Kier molecular flexibility index (Phi) is 10.7. The molecular formula is C28H30Cl3N3O4S. The van der Waals surface area contributed by atoms with Gasteiger partial charge in [-0.15, -0.1) is 0 Å². The number of hydrogen-bond acceptors (Lipinski definition) is 4. The molecule has 0 saturated carbocycles. The van der Waals surface area contributed by atoms with E-state index in [1.54, 1.807) is 49.4 Å². The lowest BCUT2D eigenvalue weighted by molar-refractivity contribution is -0.139. The Labute approximate surface area is 244 Å². The molecule has 0 aliphatic rings. The number of nitrogens with one attached hydrogen (secondary N) is 1. The minimum Gasteiger partial charge on any atom is -0.352 e. The van der Waals surface area contributed by atoms with Crippen molar-refractivity contribution in [2.45, 2.75) is 50.7 Å². The van der Waals surface area contributed by atoms with Crippen LogP contribution in [0.4, 0.5) is 5.69 Å². The van der Waals surface area contributed by atoms with Crippen molar-refractivity contribution >= 4 is 62.3 Å². The maximum atomic E-state index is 13.9. The molecule has 2 atom stereocenters. The molecule has 0 spiro atoms. The Morgan fingerprint density at radius 2 is 1.56 bits per heavy atom. The Morgan fingerprint density at radius 3 is 2.18 bits per heavy atom. The summed E-state index contributed by atoms with van der Waals surface area (Å²) in [7, 11) is -4.22. The van der Waals surface area contributed by atoms with Crippen LogP contribution < -0.4 is 9.62 Å². The van der Waals surface area contributed by atoms with Crippen LogP contribution in [0, 0.1) is 0 Å². The molecule has 0 aromatic heterocycles. The number of amides is 2. The summed E-state index contributed by atoms with van der Waals surface area (Å²) in [4.78, 5) is 28.3. The van der Waals surface area contributed by atoms with Crippen LogP contribution in [-0.4, -0.2) is 43.8 Å². The summed E-state index contributed by atoms with van der Waals surface area (Å²) in [5.74, 6) is -0.959. The van der Waals surface area contributed by atoms with Crippen molar-refractivity contribution in [3.8, 4) is 0 Å². The van der Waals surface area contributed by atoms with Crippen LogP contribution in [-0.2, 0) is 26.2 Å². The molecule has 0 heterocycles. The van der Waals surface area contributed by atoms with Gasteiger partial charge in [0, 0.05) is 27.7 Å². The number of carbonyl (C=O) groups excluding carboxylic acids is 2. The highest BCUT2D eigenvalue weighted by molar-refractivity contribution is 7.92. The van der Waals surface area contributed by atoms with Crippen LogP contribution in [0.1, 0.15) is 32.8 Å². The Bertz CT molecular complexity index is 1420. The fraction of sp³-hybridized carbons (Fsp3) is 0.286. The molecule has 0 aliphatic heterocycles. The van der Waals surface area contributed by atoms with E-state index < -0.39 is 28.5 Å². The zero-order chi connectivity index (χ0) is 28.7. The van der Waals surface area contributed by atoms with Crippen molar-refractivity contribution in [2.75, 3.05) is 10.8 Å². The van der Waals surface area contributed by atoms with Gasteiger partial charge >= 0.3 is 0 Å². The lowest BCUT2D eigenvalue weighted by Crippen LogP contribution is -2.52. The third-order valence-electron chi connectivity index (χ3n) is 6.24. The first-order valence-corrected chi connectivity index (χ1v) is 14.9. The topological polar surface area (TPSA) is 86.8 Å². The first-order chi connectivity index (χ1) is 18.4. The molecule has 2 unspecified atom stereocenters. The molecule has 3 rings (SSSR count). The monoisotopic (exact) mass is 609 g/mol. The van der Waals surface area contributed by atoms with Crippen LogP contribution in [0.5, 0.6) is 0 Å². The minimum absolute atomic E-state index is 0.00201. The maximum absolute atomic E-state index is 13.9. The number of anilines is 1. The third-order valence-corrected chi connectivity index (χ3v) is 8.89. The number of rotatable bonds is 11. The summed E-state index contributed by atoms with van der Waals surface area (Å²) in [6.45, 7) is 4.82. The lowest BCUT2D eigenvalue weighted by Gasteiger charge is -2.32. The van der Waals surface area contributed by atoms with Gasteiger partial charge in [0.2, 0.25) is 11.8 Å². The summed E-state index contributed by atoms with van der Waals surface area (Å²) in [6.07, 6.45) is 0.707. The van der Waals surface area contributed by atoms with Crippen molar-refractivity contribution in [2.24, 2.45) is 0 Å². The number of sulfonamides is 1. The van der Waals surface area contributed by atoms with Gasteiger partial charge in [-0.05, 0) is 74.4 Å². The zero-order valence-electron chi connectivity index (χ0n) is 21.8. The summed E-state index contributed by atoms with van der Waals surface area (Å²) in [5, 5.41) is 3.98.